The minimum atomic E-state index is -0.0804. The highest BCUT2D eigenvalue weighted by atomic mass is 16.6. The Labute approximate surface area is 155 Å². The molecule has 2 rings (SSSR count). The molecule has 8 heteroatoms. The summed E-state index contributed by atoms with van der Waals surface area (Å²) in [5, 5.41) is 5.66. The topological polar surface area (TPSA) is 102 Å². The molecule has 0 aliphatic carbocycles. The molecule has 0 radical (unpaired) electrons. The Bertz CT molecular complexity index is 374. The Balaban J connectivity index is 1.28. The van der Waals surface area contributed by atoms with E-state index in [-0.39, 0.29) is 24.7 Å². The average molecular weight is 372 g/mol. The van der Waals surface area contributed by atoms with E-state index in [1.54, 1.807) is 0 Å². The summed E-state index contributed by atoms with van der Waals surface area (Å²) >= 11 is 0. The van der Waals surface area contributed by atoms with Crippen molar-refractivity contribution < 1.29 is 28.5 Å². The predicted octanol–water partition coefficient (Wildman–Crippen LogP) is 0.390. The number of carbonyl (C=O) groups excluding carboxylic acids is 2. The van der Waals surface area contributed by atoms with E-state index in [0.717, 1.165) is 38.9 Å². The first-order chi connectivity index (χ1) is 12.7. The molecule has 0 bridgehead atoms. The standard InChI is InChI=1S/C18H32N2O6/c21-17(19-7-1-3-9-23-11-15-13-25-15)5-6-18(22)20-8-2-4-10-24-12-16-14-26-16/h15-16H,1-14H2,(H,19,21)(H,20,22). The summed E-state index contributed by atoms with van der Waals surface area (Å²) in [6.45, 7) is 5.59. The van der Waals surface area contributed by atoms with Crippen molar-refractivity contribution in [2.75, 3.05) is 52.7 Å². The highest BCUT2D eigenvalue weighted by Crippen LogP contribution is 2.09. The zero-order chi connectivity index (χ0) is 18.5. The van der Waals surface area contributed by atoms with Crippen LogP contribution in [-0.2, 0) is 28.5 Å². The van der Waals surface area contributed by atoms with E-state index < -0.39 is 0 Å². The van der Waals surface area contributed by atoms with Crippen LogP contribution in [0.1, 0.15) is 38.5 Å². The van der Waals surface area contributed by atoms with Gasteiger partial charge in [0, 0.05) is 39.1 Å². The summed E-state index contributed by atoms with van der Waals surface area (Å²) in [5.74, 6) is -0.161. The van der Waals surface area contributed by atoms with Crippen LogP contribution in [0, 0.1) is 0 Å². The first-order valence-corrected chi connectivity index (χ1v) is 9.66. The van der Waals surface area contributed by atoms with Gasteiger partial charge in [0.2, 0.25) is 11.8 Å². The molecule has 2 aliphatic heterocycles. The van der Waals surface area contributed by atoms with E-state index >= 15 is 0 Å². The maximum atomic E-state index is 11.7. The molecular weight excluding hydrogens is 340 g/mol. The molecule has 2 amide bonds. The first-order valence-electron chi connectivity index (χ1n) is 9.66. The number of nitrogens with one attached hydrogen (secondary N) is 2. The van der Waals surface area contributed by atoms with E-state index in [9.17, 15) is 9.59 Å². The normalized spacial score (nSPS) is 20.6. The average Bonchev–Trinajstić information content (AvgIpc) is 3.53. The largest absolute Gasteiger partial charge is 0.379 e. The van der Waals surface area contributed by atoms with Crippen molar-refractivity contribution in [1.29, 1.82) is 0 Å². The van der Waals surface area contributed by atoms with Crippen molar-refractivity contribution in [3.05, 3.63) is 0 Å². The van der Waals surface area contributed by atoms with E-state index in [2.05, 4.69) is 10.6 Å². The molecule has 2 N–H and O–H groups in total. The lowest BCUT2D eigenvalue weighted by atomic mass is 10.2. The number of ether oxygens (including phenoxy) is 4. The lowest BCUT2D eigenvalue weighted by molar-refractivity contribution is -0.126. The van der Waals surface area contributed by atoms with Gasteiger partial charge in [-0.05, 0) is 25.7 Å². The van der Waals surface area contributed by atoms with E-state index in [4.69, 9.17) is 18.9 Å². The number of hydrogen-bond acceptors (Lipinski definition) is 6. The van der Waals surface area contributed by atoms with Crippen molar-refractivity contribution in [3.63, 3.8) is 0 Å². The summed E-state index contributed by atoms with van der Waals surface area (Å²) in [5.41, 5.74) is 0. The first kappa shape index (κ1) is 21.1. The lowest BCUT2D eigenvalue weighted by Crippen LogP contribution is -2.29. The van der Waals surface area contributed by atoms with Gasteiger partial charge in [-0.2, -0.15) is 0 Å². The molecule has 2 fully saturated rings. The molecule has 2 unspecified atom stereocenters. The van der Waals surface area contributed by atoms with Crippen LogP contribution < -0.4 is 10.6 Å². The second-order valence-corrected chi connectivity index (χ2v) is 6.67. The van der Waals surface area contributed by atoms with Crippen LogP contribution in [0.25, 0.3) is 0 Å². The van der Waals surface area contributed by atoms with Crippen LogP contribution >= 0.6 is 0 Å². The lowest BCUT2D eigenvalue weighted by Gasteiger charge is -2.07. The Hall–Kier alpha value is -1.22. The van der Waals surface area contributed by atoms with Gasteiger partial charge in [-0.3, -0.25) is 9.59 Å². The van der Waals surface area contributed by atoms with Crippen molar-refractivity contribution in [1.82, 2.24) is 10.6 Å². The second-order valence-electron chi connectivity index (χ2n) is 6.67. The number of carbonyl (C=O) groups is 2. The Morgan fingerprint density at radius 3 is 1.58 bits per heavy atom. The third kappa shape index (κ3) is 12.2. The molecule has 2 atom stereocenters. The molecule has 8 nitrogen and oxygen atoms in total. The van der Waals surface area contributed by atoms with Crippen molar-refractivity contribution in [2.45, 2.75) is 50.7 Å². The fourth-order valence-electron chi connectivity index (χ4n) is 2.28. The third-order valence-corrected chi connectivity index (χ3v) is 4.07. The van der Waals surface area contributed by atoms with Crippen LogP contribution in [0.15, 0.2) is 0 Å². The molecule has 2 aliphatic rings. The number of epoxide rings is 2. The summed E-state index contributed by atoms with van der Waals surface area (Å²) in [4.78, 5) is 23.4. The molecule has 0 saturated carbocycles. The molecular formula is C18H32N2O6. The highest BCUT2D eigenvalue weighted by Gasteiger charge is 2.22. The molecule has 0 spiro atoms. The number of hydrogen-bond donors (Lipinski definition) is 2. The van der Waals surface area contributed by atoms with Crippen molar-refractivity contribution >= 4 is 11.8 Å². The van der Waals surface area contributed by atoms with Gasteiger partial charge < -0.3 is 29.6 Å². The number of unbranched alkanes of at least 4 members (excludes halogenated alkanes) is 2. The maximum Gasteiger partial charge on any atom is 0.220 e. The van der Waals surface area contributed by atoms with Gasteiger partial charge in [0.25, 0.3) is 0 Å². The van der Waals surface area contributed by atoms with Crippen LogP contribution in [0.4, 0.5) is 0 Å². The zero-order valence-corrected chi connectivity index (χ0v) is 15.5. The van der Waals surface area contributed by atoms with Gasteiger partial charge in [0.05, 0.1) is 26.4 Å². The zero-order valence-electron chi connectivity index (χ0n) is 15.5. The fraction of sp³-hybridized carbons (Fsp3) is 0.889. The third-order valence-electron chi connectivity index (χ3n) is 4.07. The maximum absolute atomic E-state index is 11.7. The number of rotatable bonds is 17. The van der Waals surface area contributed by atoms with E-state index in [1.807, 2.05) is 0 Å². The van der Waals surface area contributed by atoms with Gasteiger partial charge in [0.15, 0.2) is 0 Å². The van der Waals surface area contributed by atoms with Gasteiger partial charge in [-0.1, -0.05) is 0 Å². The molecule has 2 saturated heterocycles. The highest BCUT2D eigenvalue weighted by molar-refractivity contribution is 5.83. The fourth-order valence-corrected chi connectivity index (χ4v) is 2.28. The van der Waals surface area contributed by atoms with Crippen molar-refractivity contribution in [2.24, 2.45) is 0 Å². The minimum Gasteiger partial charge on any atom is -0.379 e. The summed E-state index contributed by atoms with van der Waals surface area (Å²) in [6.07, 6.45) is 4.62. The summed E-state index contributed by atoms with van der Waals surface area (Å²) in [6, 6.07) is 0. The minimum absolute atomic E-state index is 0.0804. The Morgan fingerprint density at radius 2 is 1.19 bits per heavy atom. The quantitative estimate of drug-likeness (QED) is 0.283. The predicted molar refractivity (Wildman–Crippen MR) is 94.8 cm³/mol. The second kappa shape index (κ2) is 13.0. The summed E-state index contributed by atoms with van der Waals surface area (Å²) < 4.78 is 20.9. The monoisotopic (exact) mass is 372 g/mol. The molecule has 26 heavy (non-hydrogen) atoms. The molecule has 150 valence electrons. The van der Waals surface area contributed by atoms with Crippen molar-refractivity contribution in [3.8, 4) is 0 Å². The van der Waals surface area contributed by atoms with Gasteiger partial charge in [-0.25, -0.2) is 0 Å². The number of amides is 2. The SMILES string of the molecule is O=C(CCC(=O)NCCCCOCC1CO1)NCCCCOCC1CO1. The van der Waals surface area contributed by atoms with Crippen LogP contribution in [-0.4, -0.2) is 76.8 Å². The van der Waals surface area contributed by atoms with E-state index in [1.165, 1.54) is 0 Å². The van der Waals surface area contributed by atoms with Crippen LogP contribution in [0.5, 0.6) is 0 Å². The molecule has 0 aromatic carbocycles. The van der Waals surface area contributed by atoms with Gasteiger partial charge in [0.1, 0.15) is 12.2 Å². The van der Waals surface area contributed by atoms with Crippen LogP contribution in [0.2, 0.25) is 0 Å². The molecule has 0 aromatic heterocycles. The Morgan fingerprint density at radius 1 is 0.769 bits per heavy atom. The Kier molecular flexibility index (Phi) is 10.6. The van der Waals surface area contributed by atoms with E-state index in [0.29, 0.717) is 51.7 Å². The van der Waals surface area contributed by atoms with Gasteiger partial charge >= 0.3 is 0 Å². The molecule has 2 heterocycles. The summed E-state index contributed by atoms with van der Waals surface area (Å²) in [7, 11) is 0. The van der Waals surface area contributed by atoms with Crippen LogP contribution in [0.3, 0.4) is 0 Å². The smallest absolute Gasteiger partial charge is 0.220 e. The molecule has 0 aromatic rings. The van der Waals surface area contributed by atoms with Gasteiger partial charge in [-0.15, -0.1) is 0 Å².